The zero-order valence-electron chi connectivity index (χ0n) is 13.3. The Morgan fingerprint density at radius 3 is 2.72 bits per heavy atom. The molecule has 0 radical (unpaired) electrons. The van der Waals surface area contributed by atoms with Gasteiger partial charge < -0.3 is 10.6 Å². The molecule has 1 saturated heterocycles. The molecule has 25 heavy (non-hydrogen) atoms. The molecule has 1 unspecified atom stereocenters. The summed E-state index contributed by atoms with van der Waals surface area (Å²) in [6, 6.07) is 12.7. The summed E-state index contributed by atoms with van der Waals surface area (Å²) < 4.78 is 27.0. The number of pyridine rings is 1. The number of hydrogen-bond donors (Lipinski definition) is 1. The minimum Gasteiger partial charge on any atom is -0.354 e. The first-order valence-corrected chi connectivity index (χ1v) is 8.38. The fourth-order valence-corrected chi connectivity index (χ4v) is 3.64. The SMILES string of the molecule is NC1(c2cccc(F)c2)CCN(c2ccc3cc(F)cc(Cl)c3n2)C1. The van der Waals surface area contributed by atoms with E-state index in [2.05, 4.69) is 4.98 Å². The summed E-state index contributed by atoms with van der Waals surface area (Å²) in [7, 11) is 0. The van der Waals surface area contributed by atoms with E-state index in [1.807, 2.05) is 17.0 Å². The average Bonchev–Trinajstić information content (AvgIpc) is 2.98. The lowest BCUT2D eigenvalue weighted by atomic mass is 9.90. The van der Waals surface area contributed by atoms with Gasteiger partial charge in [-0.25, -0.2) is 13.8 Å². The standard InChI is InChI=1S/C19H16ClF2N3/c20-16-10-15(22)8-12-4-5-17(24-18(12)16)25-7-6-19(23,11-25)13-2-1-3-14(21)9-13/h1-5,8-10H,6-7,11,23H2. The van der Waals surface area contributed by atoms with Crippen molar-refractivity contribution in [1.82, 2.24) is 4.98 Å². The van der Waals surface area contributed by atoms with Crippen LogP contribution in [0.2, 0.25) is 5.02 Å². The van der Waals surface area contributed by atoms with Gasteiger partial charge in [0, 0.05) is 18.5 Å². The molecule has 0 amide bonds. The van der Waals surface area contributed by atoms with Gasteiger partial charge in [0.1, 0.15) is 17.5 Å². The highest BCUT2D eigenvalue weighted by molar-refractivity contribution is 6.35. The van der Waals surface area contributed by atoms with E-state index < -0.39 is 5.54 Å². The van der Waals surface area contributed by atoms with Crippen LogP contribution < -0.4 is 10.6 Å². The minimum atomic E-state index is -0.634. The molecule has 1 aromatic heterocycles. The van der Waals surface area contributed by atoms with Crippen LogP contribution in [0.15, 0.2) is 48.5 Å². The van der Waals surface area contributed by atoms with Crippen molar-refractivity contribution in [2.45, 2.75) is 12.0 Å². The molecule has 6 heteroatoms. The van der Waals surface area contributed by atoms with E-state index in [0.29, 0.717) is 30.4 Å². The second kappa shape index (κ2) is 5.93. The third-order valence-corrected chi connectivity index (χ3v) is 5.01. The lowest BCUT2D eigenvalue weighted by Gasteiger charge is -2.26. The first-order valence-electron chi connectivity index (χ1n) is 8.00. The number of rotatable bonds is 2. The van der Waals surface area contributed by atoms with Gasteiger partial charge in [0.2, 0.25) is 0 Å². The molecule has 1 atom stereocenters. The molecule has 0 bridgehead atoms. The summed E-state index contributed by atoms with van der Waals surface area (Å²) in [5.41, 5.74) is 7.22. The van der Waals surface area contributed by atoms with E-state index in [-0.39, 0.29) is 16.7 Å². The second-order valence-corrected chi connectivity index (χ2v) is 6.87. The largest absolute Gasteiger partial charge is 0.354 e. The Labute approximate surface area is 149 Å². The first-order chi connectivity index (χ1) is 11.9. The van der Waals surface area contributed by atoms with Gasteiger partial charge >= 0.3 is 0 Å². The Bertz CT molecular complexity index is 963. The maximum Gasteiger partial charge on any atom is 0.129 e. The molecule has 3 aromatic rings. The highest BCUT2D eigenvalue weighted by Gasteiger charge is 2.36. The molecular weight excluding hydrogens is 344 g/mol. The lowest BCUT2D eigenvalue weighted by Crippen LogP contribution is -2.40. The van der Waals surface area contributed by atoms with Crippen molar-refractivity contribution in [3.05, 3.63) is 70.8 Å². The van der Waals surface area contributed by atoms with Crippen molar-refractivity contribution in [3.8, 4) is 0 Å². The molecular formula is C19H16ClF2N3. The van der Waals surface area contributed by atoms with E-state index in [1.54, 1.807) is 12.1 Å². The summed E-state index contributed by atoms with van der Waals surface area (Å²) in [5, 5.41) is 0.928. The molecule has 0 spiro atoms. The Balaban J connectivity index is 1.66. The van der Waals surface area contributed by atoms with E-state index in [4.69, 9.17) is 17.3 Å². The third kappa shape index (κ3) is 2.94. The fraction of sp³-hybridized carbons (Fsp3) is 0.211. The van der Waals surface area contributed by atoms with Gasteiger partial charge in [-0.2, -0.15) is 0 Å². The van der Waals surface area contributed by atoms with Gasteiger partial charge in [-0.3, -0.25) is 0 Å². The van der Waals surface area contributed by atoms with E-state index >= 15 is 0 Å². The Morgan fingerprint density at radius 1 is 1.08 bits per heavy atom. The lowest BCUT2D eigenvalue weighted by molar-refractivity contribution is 0.494. The topological polar surface area (TPSA) is 42.1 Å². The fourth-order valence-electron chi connectivity index (χ4n) is 3.39. The summed E-state index contributed by atoms with van der Waals surface area (Å²) in [4.78, 5) is 6.62. The Kier molecular flexibility index (Phi) is 3.85. The number of nitrogens with zero attached hydrogens (tertiary/aromatic N) is 2. The van der Waals surface area contributed by atoms with Crippen molar-refractivity contribution in [2.75, 3.05) is 18.0 Å². The molecule has 1 fully saturated rings. The van der Waals surface area contributed by atoms with Crippen LogP contribution in [0.5, 0.6) is 0 Å². The van der Waals surface area contributed by atoms with Crippen LogP contribution in [0, 0.1) is 11.6 Å². The van der Waals surface area contributed by atoms with Crippen molar-refractivity contribution >= 4 is 28.3 Å². The summed E-state index contributed by atoms with van der Waals surface area (Å²) in [6.07, 6.45) is 0.688. The van der Waals surface area contributed by atoms with Crippen LogP contribution in [0.25, 0.3) is 10.9 Å². The molecule has 0 saturated carbocycles. The molecule has 1 aliphatic rings. The van der Waals surface area contributed by atoms with Crippen LogP contribution in [0.4, 0.5) is 14.6 Å². The third-order valence-electron chi connectivity index (χ3n) is 4.72. The number of anilines is 1. The highest BCUT2D eigenvalue weighted by atomic mass is 35.5. The van der Waals surface area contributed by atoms with Crippen molar-refractivity contribution in [2.24, 2.45) is 5.73 Å². The molecule has 2 heterocycles. The highest BCUT2D eigenvalue weighted by Crippen LogP contribution is 2.33. The van der Waals surface area contributed by atoms with E-state index in [9.17, 15) is 8.78 Å². The van der Waals surface area contributed by atoms with E-state index in [1.165, 1.54) is 24.3 Å². The number of benzene rings is 2. The van der Waals surface area contributed by atoms with Crippen LogP contribution in [-0.2, 0) is 5.54 Å². The van der Waals surface area contributed by atoms with Crippen molar-refractivity contribution in [3.63, 3.8) is 0 Å². The summed E-state index contributed by atoms with van der Waals surface area (Å²) >= 11 is 6.12. The number of fused-ring (bicyclic) bond motifs is 1. The predicted octanol–water partition coefficient (Wildman–Crippen LogP) is 4.23. The van der Waals surface area contributed by atoms with E-state index in [0.717, 1.165) is 11.4 Å². The van der Waals surface area contributed by atoms with Crippen LogP contribution >= 0.6 is 11.6 Å². The second-order valence-electron chi connectivity index (χ2n) is 6.47. The monoisotopic (exact) mass is 359 g/mol. The van der Waals surface area contributed by atoms with Crippen LogP contribution in [-0.4, -0.2) is 18.1 Å². The summed E-state index contributed by atoms with van der Waals surface area (Å²) in [5.74, 6) is 0.0449. The number of aromatic nitrogens is 1. The molecule has 3 nitrogen and oxygen atoms in total. The van der Waals surface area contributed by atoms with Gasteiger partial charge in [-0.15, -0.1) is 0 Å². The summed E-state index contributed by atoms with van der Waals surface area (Å²) in [6.45, 7) is 1.22. The normalized spacial score (nSPS) is 20.4. The van der Waals surface area contributed by atoms with Gasteiger partial charge in [0.05, 0.1) is 16.1 Å². The molecule has 128 valence electrons. The maximum absolute atomic E-state index is 13.5. The van der Waals surface area contributed by atoms with Crippen LogP contribution in [0.1, 0.15) is 12.0 Å². The molecule has 4 rings (SSSR count). The molecule has 1 aliphatic heterocycles. The maximum atomic E-state index is 13.5. The molecule has 2 N–H and O–H groups in total. The Morgan fingerprint density at radius 2 is 1.92 bits per heavy atom. The number of hydrogen-bond acceptors (Lipinski definition) is 3. The zero-order valence-corrected chi connectivity index (χ0v) is 14.1. The zero-order chi connectivity index (χ0) is 17.6. The number of halogens is 3. The number of nitrogens with two attached hydrogens (primary N) is 1. The quantitative estimate of drug-likeness (QED) is 0.744. The molecule has 0 aliphatic carbocycles. The first kappa shape index (κ1) is 16.2. The smallest absolute Gasteiger partial charge is 0.129 e. The van der Waals surface area contributed by atoms with Gasteiger partial charge in [0.15, 0.2) is 0 Å². The van der Waals surface area contributed by atoms with Crippen LogP contribution in [0.3, 0.4) is 0 Å². The van der Waals surface area contributed by atoms with Gasteiger partial charge in [0.25, 0.3) is 0 Å². The predicted molar refractivity (Wildman–Crippen MR) is 95.8 cm³/mol. The molecule has 2 aromatic carbocycles. The van der Waals surface area contributed by atoms with Crippen molar-refractivity contribution < 1.29 is 8.78 Å². The minimum absolute atomic E-state index is 0.278. The van der Waals surface area contributed by atoms with Gasteiger partial charge in [-0.1, -0.05) is 23.7 Å². The average molecular weight is 360 g/mol. The van der Waals surface area contributed by atoms with Gasteiger partial charge in [-0.05, 0) is 48.4 Å². The van der Waals surface area contributed by atoms with Crippen molar-refractivity contribution in [1.29, 1.82) is 0 Å². The Hall–Kier alpha value is -2.24.